The summed E-state index contributed by atoms with van der Waals surface area (Å²) in [6, 6.07) is 0. The van der Waals surface area contributed by atoms with Crippen molar-refractivity contribution in [1.82, 2.24) is 0 Å². The largest absolute Gasteiger partial charge is 0.370 e. The fourth-order valence-electron chi connectivity index (χ4n) is 0.495. The number of methoxy groups -OCH3 is 1. The molecule has 2 N–H and O–H groups in total. The lowest BCUT2D eigenvalue weighted by Gasteiger charge is -2.20. The first-order chi connectivity index (χ1) is 2.93. The molecule has 0 amide bonds. The van der Waals surface area contributed by atoms with E-state index in [0.29, 0.717) is 6.10 Å². The zero-order valence-corrected chi connectivity index (χ0v) is 3.98. The standard InChI is InChI=1S/C4H9NO/c1-6-4-2-5-3-4/h4-5H,2-3H2,1H3/p+1. The van der Waals surface area contributed by atoms with E-state index in [9.17, 15) is 0 Å². The Labute approximate surface area is 37.5 Å². The van der Waals surface area contributed by atoms with Gasteiger partial charge >= 0.3 is 0 Å². The molecule has 36 valence electrons. The van der Waals surface area contributed by atoms with E-state index in [0.717, 1.165) is 13.1 Å². The Balaban J connectivity index is 2.01. The third-order valence-electron chi connectivity index (χ3n) is 1.19. The van der Waals surface area contributed by atoms with E-state index in [2.05, 4.69) is 5.32 Å². The second-order valence-corrected chi connectivity index (χ2v) is 1.62. The van der Waals surface area contributed by atoms with Gasteiger partial charge in [0.05, 0.1) is 0 Å². The van der Waals surface area contributed by atoms with Gasteiger partial charge in [-0.15, -0.1) is 0 Å². The van der Waals surface area contributed by atoms with Crippen molar-refractivity contribution >= 4 is 0 Å². The summed E-state index contributed by atoms with van der Waals surface area (Å²) in [5, 5.41) is 2.23. The highest BCUT2D eigenvalue weighted by Crippen LogP contribution is 1.83. The van der Waals surface area contributed by atoms with Crippen molar-refractivity contribution in [2.45, 2.75) is 6.10 Å². The van der Waals surface area contributed by atoms with Crippen LogP contribution < -0.4 is 5.32 Å². The molecule has 1 saturated heterocycles. The van der Waals surface area contributed by atoms with Crippen molar-refractivity contribution in [3.63, 3.8) is 0 Å². The van der Waals surface area contributed by atoms with Crippen LogP contribution in [0.4, 0.5) is 0 Å². The lowest BCUT2D eigenvalue weighted by molar-refractivity contribution is -0.724. The summed E-state index contributed by atoms with van der Waals surface area (Å²) in [6.45, 7) is 2.33. The van der Waals surface area contributed by atoms with Gasteiger partial charge in [-0.25, -0.2) is 0 Å². The molecule has 1 rings (SSSR count). The Morgan fingerprint density at radius 1 is 1.67 bits per heavy atom. The molecule has 2 heteroatoms. The zero-order valence-electron chi connectivity index (χ0n) is 3.98. The minimum Gasteiger partial charge on any atom is -0.370 e. The van der Waals surface area contributed by atoms with Crippen LogP contribution in [0, 0.1) is 0 Å². The van der Waals surface area contributed by atoms with E-state index in [1.807, 2.05) is 0 Å². The van der Waals surface area contributed by atoms with Crippen LogP contribution in [0.2, 0.25) is 0 Å². The SMILES string of the molecule is COC1C[NH2+]C1. The lowest BCUT2D eigenvalue weighted by atomic mass is 10.2. The molecule has 1 aliphatic heterocycles. The average Bonchev–Trinajstić information content (AvgIpc) is 1.31. The molecular weight excluding hydrogens is 78.0 g/mol. The van der Waals surface area contributed by atoms with E-state index in [1.54, 1.807) is 7.11 Å². The summed E-state index contributed by atoms with van der Waals surface area (Å²) in [4.78, 5) is 0. The second-order valence-electron chi connectivity index (χ2n) is 1.62. The lowest BCUT2D eigenvalue weighted by Crippen LogP contribution is -2.98. The predicted octanol–water partition coefficient (Wildman–Crippen LogP) is -1.42. The molecule has 0 bridgehead atoms. The molecule has 2 nitrogen and oxygen atoms in total. The fourth-order valence-corrected chi connectivity index (χ4v) is 0.495. The van der Waals surface area contributed by atoms with Gasteiger partial charge in [0, 0.05) is 7.11 Å². The summed E-state index contributed by atoms with van der Waals surface area (Å²) in [5.41, 5.74) is 0. The molecule has 0 aliphatic carbocycles. The summed E-state index contributed by atoms with van der Waals surface area (Å²) in [5.74, 6) is 0. The third kappa shape index (κ3) is 0.533. The Bertz CT molecular complexity index is 40.1. The monoisotopic (exact) mass is 88.1 g/mol. The first-order valence-electron chi connectivity index (χ1n) is 2.28. The van der Waals surface area contributed by atoms with Gasteiger partial charge in [-0.3, -0.25) is 0 Å². The summed E-state index contributed by atoms with van der Waals surface area (Å²) in [7, 11) is 1.76. The Kier molecular flexibility index (Phi) is 1.08. The molecular formula is C4H10NO+. The fraction of sp³-hybridized carbons (Fsp3) is 1.00. The van der Waals surface area contributed by atoms with Gasteiger partial charge in [0.2, 0.25) is 0 Å². The molecule has 0 saturated carbocycles. The Morgan fingerprint density at radius 3 is 2.33 bits per heavy atom. The van der Waals surface area contributed by atoms with E-state index < -0.39 is 0 Å². The summed E-state index contributed by atoms with van der Waals surface area (Å²) >= 11 is 0. The topological polar surface area (TPSA) is 25.8 Å². The molecule has 0 atom stereocenters. The molecule has 0 unspecified atom stereocenters. The Morgan fingerprint density at radius 2 is 2.33 bits per heavy atom. The minimum absolute atomic E-state index is 0.560. The smallest absolute Gasteiger partial charge is 0.154 e. The molecule has 6 heavy (non-hydrogen) atoms. The number of quaternary nitrogens is 1. The van der Waals surface area contributed by atoms with E-state index in [1.165, 1.54) is 0 Å². The van der Waals surface area contributed by atoms with Crippen molar-refractivity contribution in [3.8, 4) is 0 Å². The van der Waals surface area contributed by atoms with Crippen molar-refractivity contribution in [3.05, 3.63) is 0 Å². The minimum atomic E-state index is 0.560. The van der Waals surface area contributed by atoms with E-state index >= 15 is 0 Å². The molecule has 1 aliphatic rings. The number of ether oxygens (including phenoxy) is 1. The first kappa shape index (κ1) is 4.09. The quantitative estimate of drug-likeness (QED) is 0.418. The third-order valence-corrected chi connectivity index (χ3v) is 1.19. The predicted molar refractivity (Wildman–Crippen MR) is 22.5 cm³/mol. The molecule has 0 aromatic carbocycles. The molecule has 1 fully saturated rings. The number of hydrogen-bond donors (Lipinski definition) is 1. The van der Waals surface area contributed by atoms with Gasteiger partial charge in [-0.05, 0) is 0 Å². The summed E-state index contributed by atoms with van der Waals surface area (Å²) < 4.78 is 4.95. The average molecular weight is 88.1 g/mol. The van der Waals surface area contributed by atoms with E-state index in [4.69, 9.17) is 4.74 Å². The van der Waals surface area contributed by atoms with Crippen LogP contribution in [0.15, 0.2) is 0 Å². The van der Waals surface area contributed by atoms with Crippen LogP contribution in [-0.4, -0.2) is 26.3 Å². The van der Waals surface area contributed by atoms with Crippen LogP contribution >= 0.6 is 0 Å². The molecule has 0 radical (unpaired) electrons. The highest BCUT2D eigenvalue weighted by atomic mass is 16.5. The van der Waals surface area contributed by atoms with Gasteiger partial charge in [0.1, 0.15) is 13.1 Å². The van der Waals surface area contributed by atoms with E-state index in [-0.39, 0.29) is 0 Å². The van der Waals surface area contributed by atoms with Crippen LogP contribution in [0.25, 0.3) is 0 Å². The zero-order chi connectivity index (χ0) is 4.41. The van der Waals surface area contributed by atoms with Crippen LogP contribution in [0.5, 0.6) is 0 Å². The van der Waals surface area contributed by atoms with Crippen LogP contribution in [-0.2, 0) is 4.74 Å². The van der Waals surface area contributed by atoms with Gasteiger partial charge in [0.25, 0.3) is 0 Å². The summed E-state index contributed by atoms with van der Waals surface area (Å²) in [6.07, 6.45) is 0.560. The van der Waals surface area contributed by atoms with Crippen molar-refractivity contribution < 1.29 is 10.1 Å². The highest BCUT2D eigenvalue weighted by Gasteiger charge is 2.19. The van der Waals surface area contributed by atoms with Crippen LogP contribution in [0.1, 0.15) is 0 Å². The number of nitrogens with two attached hydrogens (primary N) is 1. The van der Waals surface area contributed by atoms with Gasteiger partial charge in [-0.2, -0.15) is 0 Å². The van der Waals surface area contributed by atoms with Crippen molar-refractivity contribution in [2.24, 2.45) is 0 Å². The first-order valence-corrected chi connectivity index (χ1v) is 2.28. The number of rotatable bonds is 1. The highest BCUT2D eigenvalue weighted by molar-refractivity contribution is 4.55. The van der Waals surface area contributed by atoms with Crippen molar-refractivity contribution in [2.75, 3.05) is 20.2 Å². The van der Waals surface area contributed by atoms with Crippen molar-refractivity contribution in [1.29, 1.82) is 0 Å². The van der Waals surface area contributed by atoms with Gasteiger partial charge < -0.3 is 10.1 Å². The molecule has 0 aromatic heterocycles. The molecule has 0 spiro atoms. The Hall–Kier alpha value is -0.0800. The van der Waals surface area contributed by atoms with Gasteiger partial charge in [0.15, 0.2) is 6.10 Å². The normalized spacial score (nSPS) is 23.5. The maximum absolute atomic E-state index is 4.95. The number of hydrogen-bond acceptors (Lipinski definition) is 1. The maximum Gasteiger partial charge on any atom is 0.154 e. The van der Waals surface area contributed by atoms with Gasteiger partial charge in [-0.1, -0.05) is 0 Å². The molecule has 1 heterocycles. The van der Waals surface area contributed by atoms with Crippen LogP contribution in [0.3, 0.4) is 0 Å². The maximum atomic E-state index is 4.95. The molecule has 0 aromatic rings. The second kappa shape index (κ2) is 1.58.